The zero-order valence-corrected chi connectivity index (χ0v) is 15.3. The van der Waals surface area contributed by atoms with Crippen molar-refractivity contribution in [1.82, 2.24) is 0 Å². The molecule has 0 aromatic heterocycles. The highest BCUT2D eigenvalue weighted by Gasteiger charge is 2.27. The normalized spacial score (nSPS) is 23.6. The highest BCUT2D eigenvalue weighted by molar-refractivity contribution is 5.95. The average molecular weight is 366 g/mol. The molecule has 0 saturated heterocycles. The minimum Gasteiger partial charge on any atom is -0.328 e. The van der Waals surface area contributed by atoms with Crippen molar-refractivity contribution in [2.24, 2.45) is 17.6 Å². The molecule has 0 bridgehead atoms. The fourth-order valence-corrected chi connectivity index (χ4v) is 3.78. The number of halogens is 1. The Morgan fingerprint density at radius 3 is 2.04 bits per heavy atom. The lowest BCUT2D eigenvalue weighted by molar-refractivity contribution is -0.121. The van der Waals surface area contributed by atoms with E-state index in [0.717, 1.165) is 56.3 Å². The molecule has 1 aromatic rings. The zero-order valence-electron chi connectivity index (χ0n) is 14.5. The van der Waals surface area contributed by atoms with Gasteiger partial charge in [-0.15, -0.1) is 12.4 Å². The Morgan fingerprint density at radius 2 is 1.48 bits per heavy atom. The number of nitrogens with one attached hydrogen (secondary N) is 2. The summed E-state index contributed by atoms with van der Waals surface area (Å²) in [5.74, 6) is 0.246. The number of rotatable bonds is 4. The van der Waals surface area contributed by atoms with Crippen molar-refractivity contribution in [2.75, 3.05) is 10.6 Å². The van der Waals surface area contributed by atoms with Gasteiger partial charge in [-0.25, -0.2) is 0 Å². The molecule has 0 radical (unpaired) electrons. The second kappa shape index (κ2) is 9.20. The zero-order chi connectivity index (χ0) is 16.9. The van der Waals surface area contributed by atoms with Crippen molar-refractivity contribution in [1.29, 1.82) is 0 Å². The maximum atomic E-state index is 12.3. The Labute approximate surface area is 155 Å². The summed E-state index contributed by atoms with van der Waals surface area (Å²) < 4.78 is 0. The molecule has 2 aliphatic carbocycles. The van der Waals surface area contributed by atoms with Crippen LogP contribution in [0.4, 0.5) is 11.4 Å². The van der Waals surface area contributed by atoms with Crippen LogP contribution in [0.2, 0.25) is 0 Å². The summed E-state index contributed by atoms with van der Waals surface area (Å²) in [5.41, 5.74) is 7.34. The molecule has 2 saturated carbocycles. The van der Waals surface area contributed by atoms with Crippen LogP contribution in [-0.2, 0) is 9.59 Å². The lowest BCUT2D eigenvalue weighted by Gasteiger charge is -2.21. The largest absolute Gasteiger partial charge is 0.328 e. The first kappa shape index (κ1) is 19.7. The molecule has 6 heteroatoms. The summed E-state index contributed by atoms with van der Waals surface area (Å²) in [7, 11) is 0. The third-order valence-corrected chi connectivity index (χ3v) is 5.22. The minimum atomic E-state index is 0. The van der Waals surface area contributed by atoms with Crippen molar-refractivity contribution in [3.8, 4) is 0 Å². The molecule has 2 aliphatic rings. The lowest BCUT2D eigenvalue weighted by atomic mass is 9.88. The van der Waals surface area contributed by atoms with Crippen LogP contribution in [0.3, 0.4) is 0 Å². The minimum absolute atomic E-state index is 0. The van der Waals surface area contributed by atoms with Gasteiger partial charge >= 0.3 is 0 Å². The van der Waals surface area contributed by atoms with Gasteiger partial charge in [-0.3, -0.25) is 9.59 Å². The first-order valence-electron chi connectivity index (χ1n) is 9.09. The van der Waals surface area contributed by atoms with Gasteiger partial charge in [0.1, 0.15) is 0 Å². The first-order valence-corrected chi connectivity index (χ1v) is 9.09. The fourth-order valence-electron chi connectivity index (χ4n) is 3.78. The average Bonchev–Trinajstić information content (AvgIpc) is 3.02. The Morgan fingerprint density at radius 1 is 0.880 bits per heavy atom. The molecule has 25 heavy (non-hydrogen) atoms. The van der Waals surface area contributed by atoms with Crippen molar-refractivity contribution in [3.63, 3.8) is 0 Å². The Bertz CT molecular complexity index is 568. The van der Waals surface area contributed by atoms with Gasteiger partial charge in [0.15, 0.2) is 0 Å². The van der Waals surface area contributed by atoms with Crippen LogP contribution in [0, 0.1) is 11.8 Å². The Hall–Kier alpha value is -1.59. The number of carbonyl (C=O) groups excluding carboxylic acids is 2. The van der Waals surface area contributed by atoms with E-state index in [0.29, 0.717) is 0 Å². The maximum Gasteiger partial charge on any atom is 0.227 e. The molecule has 2 fully saturated rings. The van der Waals surface area contributed by atoms with Gasteiger partial charge in [0.25, 0.3) is 0 Å². The molecule has 0 heterocycles. The second-order valence-electron chi connectivity index (χ2n) is 7.16. The van der Waals surface area contributed by atoms with Gasteiger partial charge in [-0.1, -0.05) is 25.3 Å². The number of carbonyl (C=O) groups is 2. The molecule has 2 amide bonds. The van der Waals surface area contributed by atoms with Crippen LogP contribution < -0.4 is 16.4 Å². The van der Waals surface area contributed by atoms with Gasteiger partial charge in [-0.05, 0) is 50.3 Å². The lowest BCUT2D eigenvalue weighted by Crippen LogP contribution is -2.25. The van der Waals surface area contributed by atoms with E-state index in [4.69, 9.17) is 5.73 Å². The molecule has 138 valence electrons. The molecule has 2 unspecified atom stereocenters. The summed E-state index contributed by atoms with van der Waals surface area (Å²) >= 11 is 0. The van der Waals surface area contributed by atoms with E-state index in [9.17, 15) is 9.59 Å². The maximum absolute atomic E-state index is 12.3. The standard InChI is InChI=1S/C19H27N3O2.ClH/c20-15-10-9-14(11-15)19(24)22-17-8-4-7-16(12-17)21-18(23)13-5-2-1-3-6-13;/h4,7-8,12-15H,1-3,5-6,9-11,20H2,(H,21,23)(H,22,24);1H. The number of amides is 2. The van der Waals surface area contributed by atoms with E-state index in [1.54, 1.807) is 0 Å². The summed E-state index contributed by atoms with van der Waals surface area (Å²) in [6.07, 6.45) is 7.98. The summed E-state index contributed by atoms with van der Waals surface area (Å²) in [6, 6.07) is 7.53. The molecule has 0 aliphatic heterocycles. The third kappa shape index (κ3) is 5.44. The number of hydrogen-bond donors (Lipinski definition) is 3. The summed E-state index contributed by atoms with van der Waals surface area (Å²) in [4.78, 5) is 24.6. The second-order valence-corrected chi connectivity index (χ2v) is 7.16. The van der Waals surface area contributed by atoms with Crippen LogP contribution >= 0.6 is 12.4 Å². The molecule has 0 spiro atoms. The molecule has 4 N–H and O–H groups in total. The smallest absolute Gasteiger partial charge is 0.227 e. The van der Waals surface area contributed by atoms with E-state index >= 15 is 0 Å². The number of nitrogens with two attached hydrogens (primary N) is 1. The van der Waals surface area contributed by atoms with Gasteiger partial charge in [0, 0.05) is 29.3 Å². The van der Waals surface area contributed by atoms with Crippen LogP contribution in [0.5, 0.6) is 0 Å². The third-order valence-electron chi connectivity index (χ3n) is 5.22. The van der Waals surface area contributed by atoms with Crippen molar-refractivity contribution < 1.29 is 9.59 Å². The molecular weight excluding hydrogens is 338 g/mol. The Kier molecular flexibility index (Phi) is 7.26. The first-order chi connectivity index (χ1) is 11.6. The molecule has 1 aromatic carbocycles. The summed E-state index contributed by atoms with van der Waals surface area (Å²) in [6.45, 7) is 0. The topological polar surface area (TPSA) is 84.2 Å². The van der Waals surface area contributed by atoms with Gasteiger partial charge in [0.05, 0.1) is 0 Å². The molecule has 2 atom stereocenters. The quantitative estimate of drug-likeness (QED) is 0.760. The predicted molar refractivity (Wildman–Crippen MR) is 103 cm³/mol. The molecular formula is C19H28ClN3O2. The van der Waals surface area contributed by atoms with Gasteiger partial charge in [0.2, 0.25) is 11.8 Å². The Balaban J connectivity index is 0.00000225. The van der Waals surface area contributed by atoms with E-state index in [1.807, 2.05) is 24.3 Å². The van der Waals surface area contributed by atoms with Crippen molar-refractivity contribution in [2.45, 2.75) is 57.4 Å². The van der Waals surface area contributed by atoms with Gasteiger partial charge < -0.3 is 16.4 Å². The number of benzene rings is 1. The molecule has 5 nitrogen and oxygen atoms in total. The highest BCUT2D eigenvalue weighted by Crippen LogP contribution is 2.27. The summed E-state index contributed by atoms with van der Waals surface area (Å²) in [5, 5.41) is 5.94. The number of hydrogen-bond acceptors (Lipinski definition) is 3. The number of anilines is 2. The van der Waals surface area contributed by atoms with Crippen LogP contribution in [0.1, 0.15) is 51.4 Å². The molecule has 3 rings (SSSR count). The monoisotopic (exact) mass is 365 g/mol. The van der Waals surface area contributed by atoms with Crippen molar-refractivity contribution in [3.05, 3.63) is 24.3 Å². The van der Waals surface area contributed by atoms with E-state index in [1.165, 1.54) is 6.42 Å². The van der Waals surface area contributed by atoms with Crippen LogP contribution in [0.25, 0.3) is 0 Å². The van der Waals surface area contributed by atoms with Crippen molar-refractivity contribution >= 4 is 35.6 Å². The predicted octanol–water partition coefficient (Wildman–Crippen LogP) is 3.69. The van der Waals surface area contributed by atoms with E-state index < -0.39 is 0 Å². The van der Waals surface area contributed by atoms with Crippen LogP contribution in [0.15, 0.2) is 24.3 Å². The van der Waals surface area contributed by atoms with E-state index in [-0.39, 0.29) is 42.1 Å². The van der Waals surface area contributed by atoms with E-state index in [2.05, 4.69) is 10.6 Å². The fraction of sp³-hybridized carbons (Fsp3) is 0.579. The van der Waals surface area contributed by atoms with Gasteiger partial charge in [-0.2, -0.15) is 0 Å². The SMILES string of the molecule is Cl.NC1CCC(C(=O)Nc2cccc(NC(=O)C3CCCCC3)c2)C1. The highest BCUT2D eigenvalue weighted by atomic mass is 35.5. The van der Waals surface area contributed by atoms with Crippen LogP contribution in [-0.4, -0.2) is 17.9 Å².